The lowest BCUT2D eigenvalue weighted by Gasteiger charge is -2.02. The van der Waals surface area contributed by atoms with Crippen LogP contribution in [0.4, 0.5) is 0 Å². The second kappa shape index (κ2) is 9.68. The van der Waals surface area contributed by atoms with E-state index in [9.17, 15) is 9.59 Å². The van der Waals surface area contributed by atoms with E-state index in [2.05, 4.69) is 10.9 Å². The summed E-state index contributed by atoms with van der Waals surface area (Å²) in [7, 11) is 3.17. The number of rotatable bonds is 6. The van der Waals surface area contributed by atoms with Crippen molar-refractivity contribution in [3.63, 3.8) is 0 Å². The Kier molecular flexibility index (Phi) is 7.00. The van der Waals surface area contributed by atoms with Crippen LogP contribution in [0, 0.1) is 0 Å². The molecule has 0 saturated heterocycles. The van der Waals surface area contributed by atoms with Crippen molar-refractivity contribution >= 4 is 24.0 Å². The van der Waals surface area contributed by atoms with Gasteiger partial charge in [0.05, 0.1) is 14.2 Å². The quantitative estimate of drug-likeness (QED) is 0.619. The third-order valence-corrected chi connectivity index (χ3v) is 3.39. The first-order valence-electron chi connectivity index (χ1n) is 7.85. The van der Waals surface area contributed by atoms with E-state index in [1.165, 1.54) is 12.2 Å². The Morgan fingerprint density at radius 3 is 1.35 bits per heavy atom. The molecule has 0 radical (unpaired) electrons. The van der Waals surface area contributed by atoms with Gasteiger partial charge in [0.25, 0.3) is 11.8 Å². The summed E-state index contributed by atoms with van der Waals surface area (Å²) >= 11 is 0. The number of hydrogen-bond acceptors (Lipinski definition) is 4. The number of hydrazine groups is 1. The van der Waals surface area contributed by atoms with Crippen LogP contribution >= 0.6 is 0 Å². The smallest absolute Gasteiger partial charge is 0.262 e. The van der Waals surface area contributed by atoms with Crippen LogP contribution in [0.25, 0.3) is 12.2 Å². The van der Waals surface area contributed by atoms with Crippen molar-refractivity contribution in [1.82, 2.24) is 10.9 Å². The van der Waals surface area contributed by atoms with Crippen LogP contribution in [0.3, 0.4) is 0 Å². The first kappa shape index (κ1) is 18.8. The summed E-state index contributed by atoms with van der Waals surface area (Å²) in [5, 5.41) is 0. The average Bonchev–Trinajstić information content (AvgIpc) is 2.69. The van der Waals surface area contributed by atoms with E-state index in [1.54, 1.807) is 50.6 Å². The summed E-state index contributed by atoms with van der Waals surface area (Å²) in [5.74, 6) is 0.601. The zero-order chi connectivity index (χ0) is 18.8. The van der Waals surface area contributed by atoms with Gasteiger partial charge in [0.1, 0.15) is 11.5 Å². The maximum Gasteiger partial charge on any atom is 0.262 e. The molecule has 0 fully saturated rings. The van der Waals surface area contributed by atoms with Crippen LogP contribution in [0.5, 0.6) is 11.5 Å². The summed E-state index contributed by atoms with van der Waals surface area (Å²) < 4.78 is 10.1. The molecule has 2 amide bonds. The lowest BCUT2D eigenvalue weighted by molar-refractivity contribution is -0.123. The molecular formula is C20H20N2O4. The van der Waals surface area contributed by atoms with Crippen molar-refractivity contribution in [1.29, 1.82) is 0 Å². The summed E-state index contributed by atoms with van der Waals surface area (Å²) in [4.78, 5) is 23.4. The van der Waals surface area contributed by atoms with E-state index in [4.69, 9.17) is 9.47 Å². The molecule has 2 rings (SSSR count). The standard InChI is InChI=1S/C20H20N2O4/c1-25-17-9-3-15(4-10-17)7-13-19(23)21-22-20(24)14-8-16-5-11-18(26-2)12-6-16/h3-14H,1-2H3,(H,21,23)(H,22,24)/b13-7+,14-8+. The first-order chi connectivity index (χ1) is 12.6. The molecule has 0 aliphatic heterocycles. The number of carbonyl (C=O) groups is 2. The largest absolute Gasteiger partial charge is 0.497 e. The van der Waals surface area contributed by atoms with Gasteiger partial charge >= 0.3 is 0 Å². The minimum absolute atomic E-state index is 0.438. The molecule has 134 valence electrons. The molecule has 6 heteroatoms. The normalized spacial score (nSPS) is 10.7. The zero-order valence-corrected chi connectivity index (χ0v) is 14.6. The maximum atomic E-state index is 11.7. The molecule has 0 spiro atoms. The molecule has 0 bridgehead atoms. The topological polar surface area (TPSA) is 76.7 Å². The maximum absolute atomic E-state index is 11.7. The van der Waals surface area contributed by atoms with Gasteiger partial charge in [0.2, 0.25) is 0 Å². The Morgan fingerprint density at radius 2 is 1.04 bits per heavy atom. The van der Waals surface area contributed by atoms with Gasteiger partial charge < -0.3 is 9.47 Å². The van der Waals surface area contributed by atoms with Crippen molar-refractivity contribution in [2.24, 2.45) is 0 Å². The Labute approximate surface area is 152 Å². The highest BCUT2D eigenvalue weighted by molar-refractivity contribution is 5.96. The highest BCUT2D eigenvalue weighted by Gasteiger charge is 1.99. The molecule has 0 saturated carbocycles. The second-order valence-electron chi connectivity index (χ2n) is 5.19. The molecule has 0 unspecified atom stereocenters. The lowest BCUT2D eigenvalue weighted by Crippen LogP contribution is -2.39. The van der Waals surface area contributed by atoms with Gasteiger partial charge in [0.15, 0.2) is 0 Å². The molecule has 0 aromatic heterocycles. The van der Waals surface area contributed by atoms with Crippen LogP contribution in [-0.2, 0) is 9.59 Å². The van der Waals surface area contributed by atoms with Crippen molar-refractivity contribution in [3.8, 4) is 11.5 Å². The van der Waals surface area contributed by atoms with Gasteiger partial charge in [-0.2, -0.15) is 0 Å². The fourth-order valence-corrected chi connectivity index (χ4v) is 1.98. The molecule has 2 aromatic carbocycles. The third-order valence-electron chi connectivity index (χ3n) is 3.39. The summed E-state index contributed by atoms with van der Waals surface area (Å²) in [6.45, 7) is 0. The van der Waals surface area contributed by atoms with Gasteiger partial charge in [-0.25, -0.2) is 0 Å². The molecule has 0 heterocycles. The molecule has 26 heavy (non-hydrogen) atoms. The number of amides is 2. The second-order valence-corrected chi connectivity index (χ2v) is 5.19. The zero-order valence-electron chi connectivity index (χ0n) is 14.6. The fourth-order valence-electron chi connectivity index (χ4n) is 1.98. The van der Waals surface area contributed by atoms with E-state index in [-0.39, 0.29) is 0 Å². The minimum Gasteiger partial charge on any atom is -0.497 e. The lowest BCUT2D eigenvalue weighted by atomic mass is 10.2. The first-order valence-corrected chi connectivity index (χ1v) is 7.85. The summed E-state index contributed by atoms with van der Waals surface area (Å²) in [6, 6.07) is 14.5. The molecule has 2 aromatic rings. The van der Waals surface area contributed by atoms with Gasteiger partial charge in [-0.3, -0.25) is 20.4 Å². The Bertz CT molecular complexity index is 724. The van der Waals surface area contributed by atoms with Crippen molar-refractivity contribution in [2.75, 3.05) is 14.2 Å². The average molecular weight is 352 g/mol. The number of carbonyl (C=O) groups excluding carboxylic acids is 2. The highest BCUT2D eigenvalue weighted by atomic mass is 16.5. The van der Waals surface area contributed by atoms with Gasteiger partial charge in [-0.15, -0.1) is 0 Å². The summed E-state index contributed by atoms with van der Waals surface area (Å²) in [5.41, 5.74) is 6.30. The van der Waals surface area contributed by atoms with Crippen molar-refractivity contribution < 1.29 is 19.1 Å². The number of hydrogen-bond donors (Lipinski definition) is 2. The Morgan fingerprint density at radius 1 is 0.692 bits per heavy atom. The van der Waals surface area contributed by atoms with Gasteiger partial charge in [-0.1, -0.05) is 24.3 Å². The Balaban J connectivity index is 1.79. The third kappa shape index (κ3) is 6.16. The number of benzene rings is 2. The Hall–Kier alpha value is -3.54. The van der Waals surface area contributed by atoms with Gasteiger partial charge in [0, 0.05) is 12.2 Å². The van der Waals surface area contributed by atoms with Crippen LogP contribution in [-0.4, -0.2) is 26.0 Å². The van der Waals surface area contributed by atoms with E-state index in [0.29, 0.717) is 0 Å². The molecule has 0 atom stereocenters. The monoisotopic (exact) mass is 352 g/mol. The van der Waals surface area contributed by atoms with Crippen molar-refractivity contribution in [2.45, 2.75) is 0 Å². The van der Waals surface area contributed by atoms with Crippen LogP contribution in [0.1, 0.15) is 11.1 Å². The molecule has 6 nitrogen and oxygen atoms in total. The van der Waals surface area contributed by atoms with Crippen LogP contribution in [0.15, 0.2) is 60.7 Å². The SMILES string of the molecule is COc1ccc(/C=C/C(=O)NNC(=O)/C=C/c2ccc(OC)cc2)cc1. The fraction of sp³-hybridized carbons (Fsp3) is 0.100. The predicted molar refractivity (Wildman–Crippen MR) is 100 cm³/mol. The van der Waals surface area contributed by atoms with Crippen LogP contribution in [0.2, 0.25) is 0 Å². The van der Waals surface area contributed by atoms with E-state index >= 15 is 0 Å². The number of nitrogens with one attached hydrogen (secondary N) is 2. The van der Waals surface area contributed by atoms with E-state index in [0.717, 1.165) is 22.6 Å². The summed E-state index contributed by atoms with van der Waals surface area (Å²) in [6.07, 6.45) is 5.92. The molecular weight excluding hydrogens is 332 g/mol. The number of methoxy groups -OCH3 is 2. The number of ether oxygens (including phenoxy) is 2. The van der Waals surface area contributed by atoms with Crippen LogP contribution < -0.4 is 20.3 Å². The molecule has 0 aliphatic rings. The van der Waals surface area contributed by atoms with E-state index in [1.807, 2.05) is 24.3 Å². The molecule has 2 N–H and O–H groups in total. The minimum atomic E-state index is -0.438. The van der Waals surface area contributed by atoms with Crippen molar-refractivity contribution in [3.05, 3.63) is 71.8 Å². The van der Waals surface area contributed by atoms with Gasteiger partial charge in [-0.05, 0) is 47.5 Å². The van der Waals surface area contributed by atoms with E-state index < -0.39 is 11.8 Å². The highest BCUT2D eigenvalue weighted by Crippen LogP contribution is 2.13. The molecule has 0 aliphatic carbocycles. The predicted octanol–water partition coefficient (Wildman–Crippen LogP) is 2.58.